The Bertz CT molecular complexity index is 7210. The van der Waals surface area contributed by atoms with E-state index in [2.05, 4.69) is 312 Å². The summed E-state index contributed by atoms with van der Waals surface area (Å²) in [6.07, 6.45) is 0. The molecule has 0 bridgehead atoms. The fourth-order valence-corrected chi connectivity index (χ4v) is 16.1. The highest BCUT2D eigenvalue weighted by Crippen LogP contribution is 2.42. The van der Waals surface area contributed by atoms with Gasteiger partial charge in [-0.1, -0.05) is 285 Å². The van der Waals surface area contributed by atoms with Gasteiger partial charge in [-0.3, -0.25) is 0 Å². The van der Waals surface area contributed by atoms with Crippen LogP contribution in [-0.4, -0.2) is 29.1 Å². The van der Waals surface area contributed by atoms with Crippen molar-refractivity contribution >= 4 is 87.5 Å². The molecular formula is C104H66N6O2. The predicted octanol–water partition coefficient (Wildman–Crippen LogP) is 27.6. The van der Waals surface area contributed by atoms with E-state index in [1.54, 1.807) is 0 Å². The number of rotatable bonds is 12. The molecule has 0 aliphatic carbocycles. The number of benzene rings is 16. The summed E-state index contributed by atoms with van der Waals surface area (Å²) >= 11 is 0. The minimum absolute atomic E-state index is 0.700. The van der Waals surface area contributed by atoms with Gasteiger partial charge in [0.25, 0.3) is 0 Å². The molecule has 0 fully saturated rings. The normalized spacial score (nSPS) is 11.6. The number of aromatic nitrogens is 6. The first-order chi connectivity index (χ1) is 55.5. The summed E-state index contributed by atoms with van der Waals surface area (Å²) in [4.78, 5) is 20.2. The summed E-state index contributed by atoms with van der Waals surface area (Å²) < 4.78 is 17.1. The summed E-state index contributed by atoms with van der Waals surface area (Å²) in [5.41, 5.74) is 29.5. The second-order valence-corrected chi connectivity index (χ2v) is 28.4. The smallest absolute Gasteiger partial charge is 0.160 e. The minimum atomic E-state index is 0.700. The van der Waals surface area contributed by atoms with Crippen molar-refractivity contribution in [3.63, 3.8) is 0 Å². The zero-order chi connectivity index (χ0) is 74.0. The Morgan fingerprint density at radius 2 is 0.446 bits per heavy atom. The van der Waals surface area contributed by atoms with Crippen LogP contribution in [-0.2, 0) is 0 Å². The van der Waals surface area contributed by atoms with Gasteiger partial charge < -0.3 is 18.0 Å². The van der Waals surface area contributed by atoms with E-state index in [9.17, 15) is 0 Å². The van der Waals surface area contributed by atoms with Crippen molar-refractivity contribution in [2.24, 2.45) is 0 Å². The van der Waals surface area contributed by atoms with Crippen LogP contribution in [0, 0.1) is 0 Å². The molecule has 0 atom stereocenters. The Morgan fingerprint density at radius 1 is 0.161 bits per heavy atom. The number of furan rings is 2. The molecule has 8 heteroatoms. The van der Waals surface area contributed by atoms with Gasteiger partial charge in [0.1, 0.15) is 22.3 Å². The van der Waals surface area contributed by atoms with Gasteiger partial charge in [-0.15, -0.1) is 0 Å². The number of hydrogen-bond donors (Lipinski definition) is 0. The molecule has 0 amide bonds. The highest BCUT2D eigenvalue weighted by Gasteiger charge is 2.20. The molecule has 0 unspecified atom stereocenters. The fourth-order valence-electron chi connectivity index (χ4n) is 16.1. The lowest BCUT2D eigenvalue weighted by molar-refractivity contribution is 0.668. The van der Waals surface area contributed by atoms with Crippen LogP contribution in [0.4, 0.5) is 0 Å². The molecular weight excluding hydrogens is 1370 g/mol. The van der Waals surface area contributed by atoms with Gasteiger partial charge in [0, 0.05) is 87.8 Å². The van der Waals surface area contributed by atoms with E-state index < -0.39 is 0 Å². The van der Waals surface area contributed by atoms with Gasteiger partial charge in [-0.2, -0.15) is 0 Å². The van der Waals surface area contributed by atoms with Crippen molar-refractivity contribution in [1.29, 1.82) is 0 Å². The monoisotopic (exact) mass is 1430 g/mol. The Kier molecular flexibility index (Phi) is 16.1. The summed E-state index contributed by atoms with van der Waals surface area (Å²) in [6.45, 7) is 0. The molecule has 22 aromatic rings. The lowest BCUT2D eigenvalue weighted by Crippen LogP contribution is -1.96. The van der Waals surface area contributed by atoms with Crippen molar-refractivity contribution in [3.05, 3.63) is 400 Å². The number of nitrogens with zero attached hydrogens (tertiary/aromatic N) is 6. The molecule has 112 heavy (non-hydrogen) atoms. The van der Waals surface area contributed by atoms with Crippen molar-refractivity contribution < 1.29 is 8.83 Å². The van der Waals surface area contributed by atoms with Gasteiger partial charge in [-0.25, -0.2) is 19.9 Å². The number of hydrogen-bond acceptors (Lipinski definition) is 6. The van der Waals surface area contributed by atoms with Crippen LogP contribution >= 0.6 is 0 Å². The molecule has 524 valence electrons. The molecule has 22 rings (SSSR count). The van der Waals surface area contributed by atoms with E-state index in [4.69, 9.17) is 28.8 Å². The third kappa shape index (κ3) is 11.9. The van der Waals surface area contributed by atoms with Crippen molar-refractivity contribution in [2.75, 3.05) is 0 Å². The third-order valence-electron chi connectivity index (χ3n) is 21.7. The second kappa shape index (κ2) is 27.6. The summed E-state index contributed by atoms with van der Waals surface area (Å²) in [6, 6.07) is 141. The van der Waals surface area contributed by atoms with Crippen molar-refractivity contribution in [1.82, 2.24) is 29.1 Å². The zero-order valence-electron chi connectivity index (χ0n) is 60.6. The van der Waals surface area contributed by atoms with E-state index in [0.29, 0.717) is 11.6 Å². The topological polar surface area (TPSA) is 87.7 Å². The highest BCUT2D eigenvalue weighted by atomic mass is 16.3. The Hall–Kier alpha value is -15.1. The lowest BCUT2D eigenvalue weighted by atomic mass is 10.00. The van der Waals surface area contributed by atoms with Crippen molar-refractivity contribution in [3.8, 4) is 124 Å². The van der Waals surface area contributed by atoms with Crippen LogP contribution in [0.25, 0.3) is 211 Å². The molecule has 0 aliphatic heterocycles. The minimum Gasteiger partial charge on any atom is -0.456 e. The van der Waals surface area contributed by atoms with Crippen LogP contribution < -0.4 is 0 Å². The molecule has 0 spiro atoms. The Labute approximate surface area is 645 Å². The lowest BCUT2D eigenvalue weighted by Gasteiger charge is -2.11. The largest absolute Gasteiger partial charge is 0.456 e. The maximum atomic E-state index is 6.20. The van der Waals surface area contributed by atoms with Crippen LogP contribution in [0.3, 0.4) is 0 Å². The first kappa shape index (κ1) is 65.2. The first-order valence-electron chi connectivity index (χ1n) is 37.8. The van der Waals surface area contributed by atoms with E-state index in [-0.39, 0.29) is 0 Å². The second-order valence-electron chi connectivity index (χ2n) is 28.4. The van der Waals surface area contributed by atoms with Crippen LogP contribution in [0.5, 0.6) is 0 Å². The molecule has 0 saturated heterocycles. The average molecular weight is 1430 g/mol. The molecule has 0 saturated carbocycles. The summed E-state index contributed by atoms with van der Waals surface area (Å²) in [7, 11) is 0. The Balaban J connectivity index is 0.000000141. The quantitative estimate of drug-likeness (QED) is 0.121. The van der Waals surface area contributed by atoms with E-state index in [0.717, 1.165) is 161 Å². The van der Waals surface area contributed by atoms with Crippen molar-refractivity contribution in [2.45, 2.75) is 0 Å². The standard InChI is InChI=1S/2C52H33N3O/c1-3-12-35(13-4-1)46-33-47(36-14-5-2-6-15-36)54-52(53-46)40-17-11-16-37(30-40)38-25-29-49-45(31-38)42-18-7-9-20-48(42)55(49)41-26-22-34(23-27-41)39-24-28-44-43-19-8-10-21-50(43)56-51(44)32-39;1-3-11-36(12-4-1)46-33-47(37-13-5-2-6-14-37)54-52(53-46)38-21-19-34(20-22-38)39-26-30-49-45(31-39)42-15-7-9-17-48(42)55(49)41-27-23-35(24-28-41)40-25-29-44-43-16-8-10-18-50(43)56-51(44)32-40/h2*1-33H. The Morgan fingerprint density at radius 3 is 0.875 bits per heavy atom. The fraction of sp³-hybridized carbons (Fsp3) is 0. The molecule has 8 nitrogen and oxygen atoms in total. The SMILES string of the molecule is c1ccc(-c2cc(-c3ccccc3)nc(-c3ccc(-c4ccc5c(c4)c4ccccc4n5-c4ccc(-c5ccc6c(c5)oc5ccccc56)cc4)cc3)n2)cc1.c1ccc(-c2cc(-c3ccccc3)nc(-c3cccc(-c4ccc5c(c4)c4ccccc4n5-c4ccc(-c5ccc6c(c5)oc5ccccc56)cc4)c3)n2)cc1. The zero-order valence-corrected chi connectivity index (χ0v) is 60.6. The maximum Gasteiger partial charge on any atom is 0.160 e. The molecule has 0 aliphatic rings. The summed E-state index contributed by atoms with van der Waals surface area (Å²) in [5, 5.41) is 9.43. The average Bonchev–Trinajstić information content (AvgIpc) is 1.59. The van der Waals surface area contributed by atoms with Gasteiger partial charge in [0.05, 0.1) is 44.8 Å². The molecule has 0 radical (unpaired) electrons. The van der Waals surface area contributed by atoms with Crippen LogP contribution in [0.2, 0.25) is 0 Å². The van der Waals surface area contributed by atoms with E-state index >= 15 is 0 Å². The predicted molar refractivity (Wildman–Crippen MR) is 462 cm³/mol. The van der Waals surface area contributed by atoms with Crippen LogP contribution in [0.15, 0.2) is 409 Å². The highest BCUT2D eigenvalue weighted by molar-refractivity contribution is 6.13. The number of para-hydroxylation sites is 4. The third-order valence-corrected chi connectivity index (χ3v) is 21.7. The van der Waals surface area contributed by atoms with E-state index in [1.165, 1.54) is 38.1 Å². The molecule has 6 aromatic heterocycles. The maximum absolute atomic E-state index is 6.20. The van der Waals surface area contributed by atoms with Gasteiger partial charge in [0.2, 0.25) is 0 Å². The summed E-state index contributed by atoms with van der Waals surface area (Å²) in [5.74, 6) is 1.40. The van der Waals surface area contributed by atoms with Gasteiger partial charge in [-0.05, 0) is 160 Å². The molecule has 6 heterocycles. The number of fused-ring (bicyclic) bond motifs is 12. The van der Waals surface area contributed by atoms with Gasteiger partial charge >= 0.3 is 0 Å². The molecule has 0 N–H and O–H groups in total. The van der Waals surface area contributed by atoms with E-state index in [1.807, 2.05) is 97.1 Å². The first-order valence-corrected chi connectivity index (χ1v) is 37.8. The van der Waals surface area contributed by atoms with Gasteiger partial charge in [0.15, 0.2) is 11.6 Å². The molecule has 16 aromatic carbocycles. The van der Waals surface area contributed by atoms with Crippen LogP contribution in [0.1, 0.15) is 0 Å².